The van der Waals surface area contributed by atoms with E-state index in [0.29, 0.717) is 0 Å². The van der Waals surface area contributed by atoms with Crippen LogP contribution in [0.1, 0.15) is 45.4 Å². The van der Waals surface area contributed by atoms with Crippen LogP contribution >= 0.6 is 0 Å². The van der Waals surface area contributed by atoms with E-state index >= 15 is 0 Å². The third-order valence-electron chi connectivity index (χ3n) is 3.89. The fraction of sp³-hybridized carbons (Fsp3) is 1.00. The molecule has 0 bridgehead atoms. The van der Waals surface area contributed by atoms with Crippen LogP contribution in [0, 0.1) is 5.92 Å². The molecule has 106 valence electrons. The SMILES string of the molecule is CCCCOCCNCCN(CC1CC1)C1CC1. The van der Waals surface area contributed by atoms with E-state index in [0.717, 1.165) is 38.3 Å². The van der Waals surface area contributed by atoms with E-state index in [1.165, 1.54) is 51.6 Å². The molecular weight excluding hydrogens is 224 g/mol. The summed E-state index contributed by atoms with van der Waals surface area (Å²) < 4.78 is 5.54. The molecule has 0 aliphatic heterocycles. The number of unbranched alkanes of at least 4 members (excludes halogenated alkanes) is 1. The minimum atomic E-state index is 0.867. The smallest absolute Gasteiger partial charge is 0.0590 e. The zero-order chi connectivity index (χ0) is 12.6. The van der Waals surface area contributed by atoms with Crippen molar-refractivity contribution in [3.05, 3.63) is 0 Å². The average molecular weight is 254 g/mol. The zero-order valence-corrected chi connectivity index (χ0v) is 12.0. The van der Waals surface area contributed by atoms with Crippen molar-refractivity contribution in [2.24, 2.45) is 5.92 Å². The van der Waals surface area contributed by atoms with Gasteiger partial charge in [-0.2, -0.15) is 0 Å². The first-order valence-electron chi connectivity index (χ1n) is 7.92. The highest BCUT2D eigenvalue weighted by Gasteiger charge is 2.32. The minimum Gasteiger partial charge on any atom is -0.380 e. The molecule has 0 aromatic rings. The van der Waals surface area contributed by atoms with Crippen LogP contribution < -0.4 is 5.32 Å². The predicted molar refractivity (Wildman–Crippen MR) is 75.9 cm³/mol. The van der Waals surface area contributed by atoms with Crippen molar-refractivity contribution < 1.29 is 4.74 Å². The number of ether oxygens (including phenoxy) is 1. The van der Waals surface area contributed by atoms with Crippen molar-refractivity contribution in [2.45, 2.75) is 51.5 Å². The lowest BCUT2D eigenvalue weighted by Crippen LogP contribution is -2.36. The Labute approximate surface area is 112 Å². The van der Waals surface area contributed by atoms with Gasteiger partial charge < -0.3 is 10.1 Å². The van der Waals surface area contributed by atoms with Crippen LogP contribution in [-0.2, 0) is 4.74 Å². The fourth-order valence-electron chi connectivity index (χ4n) is 2.34. The molecule has 0 unspecified atom stereocenters. The van der Waals surface area contributed by atoms with Crippen LogP contribution in [0.3, 0.4) is 0 Å². The van der Waals surface area contributed by atoms with Gasteiger partial charge in [-0.25, -0.2) is 0 Å². The van der Waals surface area contributed by atoms with Crippen molar-refractivity contribution in [3.8, 4) is 0 Å². The van der Waals surface area contributed by atoms with Gasteiger partial charge in [-0.1, -0.05) is 13.3 Å². The van der Waals surface area contributed by atoms with E-state index in [-0.39, 0.29) is 0 Å². The molecule has 1 N–H and O–H groups in total. The molecule has 0 saturated heterocycles. The molecule has 0 heterocycles. The Morgan fingerprint density at radius 2 is 1.94 bits per heavy atom. The molecule has 2 aliphatic carbocycles. The van der Waals surface area contributed by atoms with Crippen molar-refractivity contribution in [3.63, 3.8) is 0 Å². The third-order valence-corrected chi connectivity index (χ3v) is 3.89. The van der Waals surface area contributed by atoms with Crippen molar-refractivity contribution in [2.75, 3.05) is 39.4 Å². The molecule has 0 radical (unpaired) electrons. The monoisotopic (exact) mass is 254 g/mol. The highest BCUT2D eigenvalue weighted by atomic mass is 16.5. The molecule has 0 aromatic heterocycles. The number of nitrogens with zero attached hydrogens (tertiary/aromatic N) is 1. The molecule has 0 atom stereocenters. The van der Waals surface area contributed by atoms with Gasteiger partial charge in [0.15, 0.2) is 0 Å². The summed E-state index contributed by atoms with van der Waals surface area (Å²) in [6.45, 7) is 8.72. The molecule has 3 heteroatoms. The molecule has 0 aromatic carbocycles. The van der Waals surface area contributed by atoms with Crippen LogP contribution in [0.15, 0.2) is 0 Å². The average Bonchev–Trinajstić information content (AvgIpc) is 3.24. The van der Waals surface area contributed by atoms with Crippen molar-refractivity contribution in [1.29, 1.82) is 0 Å². The first-order chi connectivity index (χ1) is 8.90. The van der Waals surface area contributed by atoms with Gasteiger partial charge in [-0.05, 0) is 38.0 Å². The summed E-state index contributed by atoms with van der Waals surface area (Å²) in [7, 11) is 0. The summed E-state index contributed by atoms with van der Waals surface area (Å²) in [5, 5.41) is 3.50. The van der Waals surface area contributed by atoms with Crippen LogP contribution in [0.2, 0.25) is 0 Å². The second-order valence-electron chi connectivity index (χ2n) is 5.89. The summed E-state index contributed by atoms with van der Waals surface area (Å²) in [6.07, 6.45) is 8.24. The molecule has 3 nitrogen and oxygen atoms in total. The van der Waals surface area contributed by atoms with Crippen LogP contribution in [0.5, 0.6) is 0 Å². The van der Waals surface area contributed by atoms with Crippen LogP contribution in [0.25, 0.3) is 0 Å². The van der Waals surface area contributed by atoms with Gasteiger partial charge >= 0.3 is 0 Å². The topological polar surface area (TPSA) is 24.5 Å². The summed E-state index contributed by atoms with van der Waals surface area (Å²) in [4.78, 5) is 2.71. The van der Waals surface area contributed by atoms with Gasteiger partial charge in [0, 0.05) is 38.8 Å². The largest absolute Gasteiger partial charge is 0.380 e. The Morgan fingerprint density at radius 3 is 2.61 bits per heavy atom. The zero-order valence-electron chi connectivity index (χ0n) is 12.0. The lowest BCUT2D eigenvalue weighted by atomic mass is 10.3. The lowest BCUT2D eigenvalue weighted by molar-refractivity contribution is 0.132. The number of rotatable bonds is 12. The van der Waals surface area contributed by atoms with E-state index in [9.17, 15) is 0 Å². The summed E-state index contributed by atoms with van der Waals surface area (Å²) in [6, 6.07) is 0.924. The van der Waals surface area contributed by atoms with Gasteiger partial charge in [0.1, 0.15) is 0 Å². The molecule has 0 amide bonds. The van der Waals surface area contributed by atoms with E-state index in [2.05, 4.69) is 17.1 Å². The maximum atomic E-state index is 5.54. The molecule has 2 saturated carbocycles. The van der Waals surface area contributed by atoms with E-state index < -0.39 is 0 Å². The Hall–Kier alpha value is -0.120. The normalized spacial score (nSPS) is 19.7. The highest BCUT2D eigenvalue weighted by molar-refractivity contribution is 4.88. The molecule has 2 rings (SSSR count). The van der Waals surface area contributed by atoms with Gasteiger partial charge in [-0.3, -0.25) is 4.90 Å². The molecule has 18 heavy (non-hydrogen) atoms. The quantitative estimate of drug-likeness (QED) is 0.541. The Balaban J connectivity index is 1.41. The lowest BCUT2D eigenvalue weighted by Gasteiger charge is -2.21. The molecule has 0 spiro atoms. The molecule has 2 fully saturated rings. The predicted octanol–water partition coefficient (Wildman–Crippen LogP) is 2.27. The first-order valence-corrected chi connectivity index (χ1v) is 7.92. The molecular formula is C15H30N2O. The Bertz CT molecular complexity index is 215. The number of nitrogens with one attached hydrogen (secondary N) is 1. The molecule has 2 aliphatic rings. The van der Waals surface area contributed by atoms with E-state index in [1.807, 2.05) is 0 Å². The van der Waals surface area contributed by atoms with Crippen molar-refractivity contribution >= 4 is 0 Å². The maximum absolute atomic E-state index is 5.54. The van der Waals surface area contributed by atoms with E-state index in [4.69, 9.17) is 4.74 Å². The maximum Gasteiger partial charge on any atom is 0.0590 e. The van der Waals surface area contributed by atoms with Gasteiger partial charge in [-0.15, -0.1) is 0 Å². The minimum absolute atomic E-state index is 0.867. The second kappa shape index (κ2) is 8.13. The second-order valence-corrected chi connectivity index (χ2v) is 5.89. The van der Waals surface area contributed by atoms with Crippen LogP contribution in [-0.4, -0.2) is 50.3 Å². The fourth-order valence-corrected chi connectivity index (χ4v) is 2.34. The summed E-state index contributed by atoms with van der Waals surface area (Å²) in [5.41, 5.74) is 0. The summed E-state index contributed by atoms with van der Waals surface area (Å²) >= 11 is 0. The van der Waals surface area contributed by atoms with E-state index in [1.54, 1.807) is 0 Å². The third kappa shape index (κ3) is 6.17. The summed E-state index contributed by atoms with van der Waals surface area (Å²) in [5.74, 6) is 1.03. The van der Waals surface area contributed by atoms with Crippen LogP contribution in [0.4, 0.5) is 0 Å². The Morgan fingerprint density at radius 1 is 1.11 bits per heavy atom. The van der Waals surface area contributed by atoms with Gasteiger partial charge in [0.2, 0.25) is 0 Å². The number of hydrogen-bond donors (Lipinski definition) is 1. The van der Waals surface area contributed by atoms with Crippen molar-refractivity contribution in [1.82, 2.24) is 10.2 Å². The Kier molecular flexibility index (Phi) is 6.46. The van der Waals surface area contributed by atoms with Gasteiger partial charge in [0.05, 0.1) is 6.61 Å². The van der Waals surface area contributed by atoms with Gasteiger partial charge in [0.25, 0.3) is 0 Å². The standard InChI is InChI=1S/C15H30N2O/c1-2-3-11-18-12-9-16-8-10-17(15-6-7-15)13-14-4-5-14/h14-16H,2-13H2,1H3. The highest BCUT2D eigenvalue weighted by Crippen LogP contribution is 2.34. The number of hydrogen-bond acceptors (Lipinski definition) is 3. The first kappa shape index (κ1) is 14.3.